The summed E-state index contributed by atoms with van der Waals surface area (Å²) in [5, 5.41) is 10.8. The van der Waals surface area contributed by atoms with Crippen molar-refractivity contribution in [1.29, 1.82) is 0 Å². The number of nitrogens with zero attached hydrogens (tertiary/aromatic N) is 4. The van der Waals surface area contributed by atoms with E-state index >= 15 is 0 Å². The zero-order valence-corrected chi connectivity index (χ0v) is 16.8. The van der Waals surface area contributed by atoms with E-state index in [1.54, 1.807) is 10.9 Å². The molecule has 0 saturated carbocycles. The lowest BCUT2D eigenvalue weighted by molar-refractivity contribution is 0.262. The first-order valence-electron chi connectivity index (χ1n) is 9.34. The van der Waals surface area contributed by atoms with Crippen LogP contribution in [-0.2, 0) is 0 Å². The number of carbonyl (C=O) groups is 1. The number of urea groups is 1. The summed E-state index contributed by atoms with van der Waals surface area (Å²) in [5.41, 5.74) is 6.86. The fourth-order valence-electron chi connectivity index (χ4n) is 3.25. The lowest BCUT2D eigenvalue weighted by atomic mass is 10.1. The summed E-state index contributed by atoms with van der Waals surface area (Å²) in [5.74, 6) is 0.410. The Morgan fingerprint density at radius 3 is 2.48 bits per heavy atom. The number of anilines is 2. The third-order valence-electron chi connectivity index (χ3n) is 4.94. The first-order valence-corrected chi connectivity index (χ1v) is 9.34. The fourth-order valence-corrected chi connectivity index (χ4v) is 3.25. The molecule has 0 spiro atoms. The molecule has 0 saturated heterocycles. The van der Waals surface area contributed by atoms with Gasteiger partial charge in [0.2, 0.25) is 0 Å². The molecule has 2 N–H and O–H groups in total. The van der Waals surface area contributed by atoms with Gasteiger partial charge in [0.15, 0.2) is 5.65 Å². The highest BCUT2D eigenvalue weighted by Gasteiger charge is 2.14. The minimum atomic E-state index is -0.368. The van der Waals surface area contributed by atoms with Gasteiger partial charge in [-0.3, -0.25) is 5.32 Å². The van der Waals surface area contributed by atoms with E-state index in [-0.39, 0.29) is 6.03 Å². The van der Waals surface area contributed by atoms with E-state index in [4.69, 9.17) is 0 Å². The molecule has 146 valence electrons. The van der Waals surface area contributed by atoms with Gasteiger partial charge in [0.1, 0.15) is 12.1 Å². The van der Waals surface area contributed by atoms with Crippen LogP contribution in [0.15, 0.2) is 48.9 Å². The Morgan fingerprint density at radius 1 is 0.897 bits per heavy atom. The Hall–Kier alpha value is -3.74. The summed E-state index contributed by atoms with van der Waals surface area (Å²) in [6.07, 6.45) is 3.09. The largest absolute Gasteiger partial charge is 0.324 e. The minimum Gasteiger partial charge on any atom is -0.308 e. The summed E-state index contributed by atoms with van der Waals surface area (Å²) in [4.78, 5) is 21.1. The molecule has 0 aliphatic heterocycles. The molecular formula is C22H22N6O. The Morgan fingerprint density at radius 2 is 1.72 bits per heavy atom. The maximum atomic E-state index is 12.5. The van der Waals surface area contributed by atoms with Gasteiger partial charge in [0.25, 0.3) is 0 Å². The molecule has 2 aromatic carbocycles. The highest BCUT2D eigenvalue weighted by atomic mass is 16.2. The first-order chi connectivity index (χ1) is 13.9. The van der Waals surface area contributed by atoms with Crippen LogP contribution in [0.4, 0.5) is 16.3 Å². The average Bonchev–Trinajstić information content (AvgIpc) is 3.10. The van der Waals surface area contributed by atoms with Gasteiger partial charge in [-0.1, -0.05) is 23.8 Å². The van der Waals surface area contributed by atoms with Crippen molar-refractivity contribution in [3.63, 3.8) is 0 Å². The van der Waals surface area contributed by atoms with Crippen molar-refractivity contribution in [1.82, 2.24) is 19.7 Å². The quantitative estimate of drug-likeness (QED) is 0.535. The van der Waals surface area contributed by atoms with E-state index in [1.807, 2.05) is 51.1 Å². The second-order valence-corrected chi connectivity index (χ2v) is 7.18. The number of carbonyl (C=O) groups excluding carboxylic acids is 1. The van der Waals surface area contributed by atoms with Crippen LogP contribution in [0.2, 0.25) is 0 Å². The zero-order chi connectivity index (χ0) is 20.5. The van der Waals surface area contributed by atoms with Gasteiger partial charge in [-0.25, -0.2) is 19.4 Å². The van der Waals surface area contributed by atoms with Crippen molar-refractivity contribution in [2.75, 3.05) is 10.6 Å². The molecule has 0 aliphatic carbocycles. The normalized spacial score (nSPS) is 10.9. The van der Waals surface area contributed by atoms with Crippen LogP contribution in [0.25, 0.3) is 16.7 Å². The minimum absolute atomic E-state index is 0.368. The number of benzene rings is 2. The van der Waals surface area contributed by atoms with E-state index in [9.17, 15) is 4.79 Å². The van der Waals surface area contributed by atoms with Crippen LogP contribution in [0.1, 0.15) is 22.3 Å². The number of aromatic nitrogens is 4. The van der Waals surface area contributed by atoms with Gasteiger partial charge in [0.05, 0.1) is 17.3 Å². The maximum absolute atomic E-state index is 12.5. The molecule has 2 amide bonds. The highest BCUT2D eigenvalue weighted by Crippen LogP contribution is 2.24. The second kappa shape index (κ2) is 7.35. The van der Waals surface area contributed by atoms with Gasteiger partial charge in [-0.05, 0) is 62.6 Å². The summed E-state index contributed by atoms with van der Waals surface area (Å²) in [6.45, 7) is 8.13. The molecule has 0 fully saturated rings. The fraction of sp³-hybridized carbons (Fsp3) is 0.182. The molecule has 0 aliphatic rings. The number of aryl methyl sites for hydroxylation is 4. The molecule has 4 rings (SSSR count). The molecular weight excluding hydrogens is 364 g/mol. The highest BCUT2D eigenvalue weighted by molar-refractivity contribution is 6.03. The van der Waals surface area contributed by atoms with Crippen LogP contribution in [0.3, 0.4) is 0 Å². The van der Waals surface area contributed by atoms with Crippen LogP contribution in [0.5, 0.6) is 0 Å². The number of hydrogen-bond donors (Lipinski definition) is 2. The van der Waals surface area contributed by atoms with Crippen LogP contribution >= 0.6 is 0 Å². The smallest absolute Gasteiger partial charge is 0.308 e. The van der Waals surface area contributed by atoms with Crippen LogP contribution in [-0.4, -0.2) is 25.8 Å². The molecule has 0 bridgehead atoms. The standard InChI is InChI=1S/C22H22N6O/c1-13-5-8-19(16(4)9-13)28-21-18(11-25-28)20(23-12-24-21)27-22(29)26-17-7-6-14(2)15(3)10-17/h5-12H,1-4H3,(H2,23,24,26,27,29). The second-order valence-electron chi connectivity index (χ2n) is 7.18. The summed E-state index contributed by atoms with van der Waals surface area (Å²) in [7, 11) is 0. The van der Waals surface area contributed by atoms with Gasteiger partial charge in [-0.2, -0.15) is 5.10 Å². The van der Waals surface area contributed by atoms with Crippen molar-refractivity contribution >= 4 is 28.6 Å². The molecule has 2 heterocycles. The number of amides is 2. The first kappa shape index (κ1) is 18.6. The van der Waals surface area contributed by atoms with E-state index in [2.05, 4.69) is 38.7 Å². The van der Waals surface area contributed by atoms with Gasteiger partial charge in [0, 0.05) is 5.69 Å². The predicted molar refractivity (Wildman–Crippen MR) is 115 cm³/mol. The number of nitrogens with one attached hydrogen (secondary N) is 2. The number of hydrogen-bond acceptors (Lipinski definition) is 4. The van der Waals surface area contributed by atoms with Crippen molar-refractivity contribution in [2.45, 2.75) is 27.7 Å². The number of rotatable bonds is 3. The van der Waals surface area contributed by atoms with Gasteiger partial charge >= 0.3 is 6.03 Å². The van der Waals surface area contributed by atoms with Crippen molar-refractivity contribution in [3.05, 3.63) is 71.2 Å². The average molecular weight is 386 g/mol. The maximum Gasteiger partial charge on any atom is 0.324 e. The van der Waals surface area contributed by atoms with E-state index in [0.29, 0.717) is 16.9 Å². The molecule has 7 nitrogen and oxygen atoms in total. The molecule has 7 heteroatoms. The van der Waals surface area contributed by atoms with Crippen molar-refractivity contribution in [3.8, 4) is 5.69 Å². The van der Waals surface area contributed by atoms with E-state index in [1.165, 1.54) is 17.5 Å². The summed E-state index contributed by atoms with van der Waals surface area (Å²) < 4.78 is 1.76. The third kappa shape index (κ3) is 3.67. The lowest BCUT2D eigenvalue weighted by Crippen LogP contribution is -2.20. The SMILES string of the molecule is Cc1ccc(-n2ncc3c(NC(=O)Nc4ccc(C)c(C)c4)ncnc32)c(C)c1. The Bertz CT molecular complexity index is 1230. The molecule has 0 unspecified atom stereocenters. The number of fused-ring (bicyclic) bond motifs is 1. The van der Waals surface area contributed by atoms with Crippen LogP contribution < -0.4 is 10.6 Å². The third-order valence-corrected chi connectivity index (χ3v) is 4.94. The Labute approximate surface area is 168 Å². The summed E-state index contributed by atoms with van der Waals surface area (Å²) >= 11 is 0. The van der Waals surface area contributed by atoms with Crippen molar-refractivity contribution in [2.24, 2.45) is 0 Å². The van der Waals surface area contributed by atoms with E-state index < -0.39 is 0 Å². The zero-order valence-electron chi connectivity index (χ0n) is 16.8. The Kier molecular flexibility index (Phi) is 4.72. The van der Waals surface area contributed by atoms with E-state index in [0.717, 1.165) is 22.5 Å². The summed E-state index contributed by atoms with van der Waals surface area (Å²) in [6, 6.07) is 11.6. The predicted octanol–water partition coefficient (Wildman–Crippen LogP) is 4.69. The topological polar surface area (TPSA) is 84.7 Å². The molecule has 4 aromatic rings. The van der Waals surface area contributed by atoms with Gasteiger partial charge in [-0.15, -0.1) is 0 Å². The Balaban J connectivity index is 1.62. The lowest BCUT2D eigenvalue weighted by Gasteiger charge is -2.10. The van der Waals surface area contributed by atoms with Crippen LogP contribution in [0, 0.1) is 27.7 Å². The van der Waals surface area contributed by atoms with Gasteiger partial charge < -0.3 is 5.32 Å². The monoisotopic (exact) mass is 386 g/mol. The molecule has 29 heavy (non-hydrogen) atoms. The molecule has 0 radical (unpaired) electrons. The molecule has 0 atom stereocenters. The molecule has 2 aromatic heterocycles. The van der Waals surface area contributed by atoms with Crippen molar-refractivity contribution < 1.29 is 4.79 Å².